The summed E-state index contributed by atoms with van der Waals surface area (Å²) in [5.41, 5.74) is 7.54. The minimum atomic E-state index is 0. The maximum absolute atomic E-state index is 12.9. The maximum atomic E-state index is 12.9. The zero-order valence-electron chi connectivity index (χ0n) is 15.6. The van der Waals surface area contributed by atoms with Crippen molar-refractivity contribution in [1.82, 2.24) is 5.32 Å². The number of amides is 1. The Hall–Kier alpha value is -1.58. The van der Waals surface area contributed by atoms with E-state index in [-0.39, 0.29) is 24.2 Å². The Balaban J connectivity index is 0.00000180. The Kier molecular flexibility index (Phi) is 5.17. The van der Waals surface area contributed by atoms with Crippen LogP contribution in [0.4, 0.5) is 0 Å². The molecule has 0 aromatic heterocycles. The van der Waals surface area contributed by atoms with Crippen LogP contribution in [0.2, 0.25) is 0 Å². The molecular weight excluding hydrogens is 356 g/mol. The second kappa shape index (κ2) is 7.44. The summed E-state index contributed by atoms with van der Waals surface area (Å²) in [4.78, 5) is 12.9. The number of hydrogen-bond acceptors (Lipinski definition) is 2. The van der Waals surface area contributed by atoms with Crippen LogP contribution in [0.25, 0.3) is 10.8 Å². The normalized spacial score (nSPS) is 34.6. The molecule has 2 aromatic rings. The van der Waals surface area contributed by atoms with Crippen LogP contribution >= 0.6 is 12.4 Å². The Bertz CT molecular complexity index is 824. The summed E-state index contributed by atoms with van der Waals surface area (Å²) in [7, 11) is 0. The van der Waals surface area contributed by atoms with Gasteiger partial charge in [0.1, 0.15) is 0 Å². The van der Waals surface area contributed by atoms with Crippen molar-refractivity contribution in [3.63, 3.8) is 0 Å². The number of carbonyl (C=O) groups is 1. The van der Waals surface area contributed by atoms with Crippen molar-refractivity contribution in [2.24, 2.45) is 23.5 Å². The van der Waals surface area contributed by atoms with E-state index in [1.165, 1.54) is 35.6 Å². The third-order valence-electron chi connectivity index (χ3n) is 7.01. The smallest absolute Gasteiger partial charge is 0.223 e. The highest BCUT2D eigenvalue weighted by molar-refractivity contribution is 5.86. The second-order valence-electron chi connectivity index (χ2n) is 8.77. The molecule has 5 rings (SSSR count). The van der Waals surface area contributed by atoms with Crippen molar-refractivity contribution in [3.05, 3.63) is 48.0 Å². The predicted molar refractivity (Wildman–Crippen MR) is 112 cm³/mol. The first-order chi connectivity index (χ1) is 12.7. The number of rotatable bonds is 3. The molecule has 0 saturated heterocycles. The predicted octanol–water partition coefficient (Wildman–Crippen LogP) is 4.39. The summed E-state index contributed by atoms with van der Waals surface area (Å²) in [5.74, 6) is 2.02. The summed E-state index contributed by atoms with van der Waals surface area (Å²) >= 11 is 0. The molecule has 3 aliphatic rings. The van der Waals surface area contributed by atoms with Crippen LogP contribution in [0.15, 0.2) is 42.5 Å². The lowest BCUT2D eigenvalue weighted by Crippen LogP contribution is -2.54. The number of nitrogens with one attached hydrogen (secondary N) is 1. The van der Waals surface area contributed by atoms with Gasteiger partial charge in [-0.15, -0.1) is 12.4 Å². The molecule has 0 heterocycles. The van der Waals surface area contributed by atoms with E-state index in [0.717, 1.165) is 19.3 Å². The van der Waals surface area contributed by atoms with Gasteiger partial charge in [0.2, 0.25) is 5.91 Å². The van der Waals surface area contributed by atoms with Gasteiger partial charge in [-0.2, -0.15) is 0 Å². The summed E-state index contributed by atoms with van der Waals surface area (Å²) in [6.45, 7) is 0. The monoisotopic (exact) mass is 384 g/mol. The van der Waals surface area contributed by atoms with Crippen LogP contribution in [0, 0.1) is 17.8 Å². The van der Waals surface area contributed by atoms with E-state index < -0.39 is 0 Å². The zero-order valence-corrected chi connectivity index (χ0v) is 16.5. The number of nitrogens with two attached hydrogens (primary N) is 1. The molecule has 2 bridgehead atoms. The fourth-order valence-corrected chi connectivity index (χ4v) is 5.59. The molecule has 144 valence electrons. The summed E-state index contributed by atoms with van der Waals surface area (Å²) in [6, 6.07) is 15.8. The van der Waals surface area contributed by atoms with Crippen LogP contribution in [0.3, 0.4) is 0 Å². The van der Waals surface area contributed by atoms with Gasteiger partial charge < -0.3 is 11.1 Å². The molecule has 4 unspecified atom stereocenters. The van der Waals surface area contributed by atoms with Gasteiger partial charge in [-0.25, -0.2) is 0 Å². The average Bonchev–Trinajstić information content (AvgIpc) is 3.43. The van der Waals surface area contributed by atoms with Crippen molar-refractivity contribution in [3.8, 4) is 0 Å². The van der Waals surface area contributed by atoms with Gasteiger partial charge in [-0.3, -0.25) is 4.79 Å². The SMILES string of the molecule is Cl.NC1CC2CCCC(C1)C2NC(=O)C1CC1c1ccc2ccccc2c1. The minimum absolute atomic E-state index is 0. The average molecular weight is 385 g/mol. The number of halogens is 1. The molecule has 3 saturated carbocycles. The second-order valence-corrected chi connectivity index (χ2v) is 8.77. The first-order valence-corrected chi connectivity index (χ1v) is 10.2. The first kappa shape index (κ1) is 18.8. The Morgan fingerprint density at radius 1 is 0.963 bits per heavy atom. The maximum Gasteiger partial charge on any atom is 0.223 e. The van der Waals surface area contributed by atoms with E-state index in [4.69, 9.17) is 5.73 Å². The molecule has 4 heteroatoms. The summed E-state index contributed by atoms with van der Waals surface area (Å²) in [5, 5.41) is 5.98. The van der Waals surface area contributed by atoms with Crippen molar-refractivity contribution in [2.75, 3.05) is 0 Å². The molecule has 2 aromatic carbocycles. The van der Waals surface area contributed by atoms with Gasteiger partial charge in [-0.1, -0.05) is 48.9 Å². The van der Waals surface area contributed by atoms with Gasteiger partial charge in [0.15, 0.2) is 0 Å². The Morgan fingerprint density at radius 2 is 1.67 bits per heavy atom. The highest BCUT2D eigenvalue weighted by Crippen LogP contribution is 2.49. The molecule has 27 heavy (non-hydrogen) atoms. The lowest BCUT2D eigenvalue weighted by Gasteiger charge is -2.45. The van der Waals surface area contributed by atoms with Gasteiger partial charge >= 0.3 is 0 Å². The third kappa shape index (κ3) is 3.60. The quantitative estimate of drug-likeness (QED) is 0.824. The molecular formula is C23H29ClN2O. The van der Waals surface area contributed by atoms with E-state index in [0.29, 0.717) is 29.8 Å². The van der Waals surface area contributed by atoms with Crippen molar-refractivity contribution < 1.29 is 4.79 Å². The van der Waals surface area contributed by atoms with Crippen LogP contribution < -0.4 is 11.1 Å². The molecule has 3 aliphatic carbocycles. The molecule has 0 spiro atoms. The van der Waals surface area contributed by atoms with E-state index in [9.17, 15) is 4.79 Å². The fraction of sp³-hybridized carbons (Fsp3) is 0.522. The lowest BCUT2D eigenvalue weighted by molar-refractivity contribution is -0.124. The molecule has 3 nitrogen and oxygen atoms in total. The Labute approximate surface area is 167 Å². The summed E-state index contributed by atoms with van der Waals surface area (Å²) < 4.78 is 0. The number of fused-ring (bicyclic) bond motifs is 3. The third-order valence-corrected chi connectivity index (χ3v) is 7.01. The van der Waals surface area contributed by atoms with E-state index in [2.05, 4.69) is 47.8 Å². The largest absolute Gasteiger partial charge is 0.353 e. The topological polar surface area (TPSA) is 55.1 Å². The Morgan fingerprint density at radius 3 is 2.41 bits per heavy atom. The van der Waals surface area contributed by atoms with Crippen molar-refractivity contribution in [1.29, 1.82) is 0 Å². The van der Waals surface area contributed by atoms with Crippen molar-refractivity contribution >= 4 is 29.1 Å². The van der Waals surface area contributed by atoms with Gasteiger partial charge in [0, 0.05) is 18.0 Å². The van der Waals surface area contributed by atoms with Crippen LogP contribution in [0.1, 0.15) is 50.0 Å². The zero-order chi connectivity index (χ0) is 17.7. The first-order valence-electron chi connectivity index (χ1n) is 10.2. The van der Waals surface area contributed by atoms with Gasteiger partial charge in [-0.05, 0) is 66.2 Å². The molecule has 0 radical (unpaired) electrons. The van der Waals surface area contributed by atoms with E-state index >= 15 is 0 Å². The molecule has 1 amide bonds. The van der Waals surface area contributed by atoms with E-state index in [1.54, 1.807) is 0 Å². The van der Waals surface area contributed by atoms with Crippen LogP contribution in [-0.4, -0.2) is 18.0 Å². The molecule has 0 aliphatic heterocycles. The number of carbonyl (C=O) groups excluding carboxylic acids is 1. The van der Waals surface area contributed by atoms with Crippen LogP contribution in [0.5, 0.6) is 0 Å². The number of hydrogen-bond donors (Lipinski definition) is 2. The molecule has 4 atom stereocenters. The molecule has 3 fully saturated rings. The van der Waals surface area contributed by atoms with E-state index in [1.807, 2.05) is 0 Å². The number of benzene rings is 2. The van der Waals surface area contributed by atoms with Gasteiger partial charge in [0.05, 0.1) is 0 Å². The standard InChI is InChI=1S/C23H28N2O.ClH/c24-19-11-17-6-3-7-18(12-19)22(17)25-23(26)21-13-20(21)16-9-8-14-4-1-2-5-15(14)10-16;/h1-2,4-5,8-10,17-22H,3,6-7,11-13,24H2,(H,25,26);1H. The minimum Gasteiger partial charge on any atom is -0.353 e. The highest BCUT2D eigenvalue weighted by Gasteiger charge is 2.47. The highest BCUT2D eigenvalue weighted by atomic mass is 35.5. The van der Waals surface area contributed by atoms with Crippen molar-refractivity contribution in [2.45, 2.75) is 56.5 Å². The van der Waals surface area contributed by atoms with Gasteiger partial charge in [0.25, 0.3) is 0 Å². The fourth-order valence-electron chi connectivity index (χ4n) is 5.59. The van der Waals surface area contributed by atoms with Crippen LogP contribution in [-0.2, 0) is 4.79 Å². The lowest BCUT2D eigenvalue weighted by atomic mass is 9.67. The summed E-state index contributed by atoms with van der Waals surface area (Å²) in [6.07, 6.45) is 6.92. The molecule has 3 N–H and O–H groups in total.